The molecule has 3 amide bonds. The number of nitrogens with one attached hydrogen (secondary N) is 3. The van der Waals surface area contributed by atoms with Gasteiger partial charge in [0, 0.05) is 24.5 Å². The second-order valence-electron chi connectivity index (χ2n) is 5.33. The van der Waals surface area contributed by atoms with Crippen molar-refractivity contribution in [3.05, 3.63) is 24.3 Å². The highest BCUT2D eigenvalue weighted by Gasteiger charge is 2.16. The van der Waals surface area contributed by atoms with E-state index in [1.165, 1.54) is 0 Å². The Morgan fingerprint density at radius 3 is 2.39 bits per heavy atom. The first-order chi connectivity index (χ1) is 10.5. The van der Waals surface area contributed by atoms with Crippen molar-refractivity contribution >= 4 is 35.7 Å². The molecule has 1 aliphatic rings. The zero-order valence-electron chi connectivity index (χ0n) is 13.0. The van der Waals surface area contributed by atoms with Gasteiger partial charge in [-0.3, -0.25) is 4.79 Å². The van der Waals surface area contributed by atoms with Gasteiger partial charge in [0.25, 0.3) is 0 Å². The number of hydrogen-bond acceptors (Lipinski definition) is 4. The first-order valence-electron chi connectivity index (χ1n) is 7.37. The minimum atomic E-state index is -0.568. The van der Waals surface area contributed by atoms with Crippen LogP contribution in [0.3, 0.4) is 0 Å². The van der Waals surface area contributed by atoms with Crippen LogP contribution in [0.15, 0.2) is 24.3 Å². The third kappa shape index (κ3) is 6.43. The Labute approximate surface area is 141 Å². The molecule has 0 spiro atoms. The van der Waals surface area contributed by atoms with E-state index in [4.69, 9.17) is 10.5 Å². The molecule has 1 aromatic rings. The van der Waals surface area contributed by atoms with Crippen molar-refractivity contribution in [1.82, 2.24) is 5.32 Å². The van der Waals surface area contributed by atoms with Crippen LogP contribution in [-0.2, 0) is 9.53 Å². The molecular formula is C15H23ClN4O3. The maximum Gasteiger partial charge on any atom is 0.319 e. The van der Waals surface area contributed by atoms with Crippen molar-refractivity contribution in [3.8, 4) is 0 Å². The molecule has 128 valence electrons. The van der Waals surface area contributed by atoms with E-state index in [0.717, 1.165) is 19.4 Å². The van der Waals surface area contributed by atoms with Gasteiger partial charge in [-0.25, -0.2) is 4.79 Å². The predicted molar refractivity (Wildman–Crippen MR) is 92.0 cm³/mol. The van der Waals surface area contributed by atoms with Crippen molar-refractivity contribution < 1.29 is 14.3 Å². The van der Waals surface area contributed by atoms with E-state index in [0.29, 0.717) is 17.9 Å². The molecule has 5 N–H and O–H groups in total. The molecule has 2 atom stereocenters. The van der Waals surface area contributed by atoms with Crippen LogP contribution in [0.1, 0.15) is 19.8 Å². The molecule has 1 fully saturated rings. The van der Waals surface area contributed by atoms with Crippen molar-refractivity contribution in [3.63, 3.8) is 0 Å². The lowest BCUT2D eigenvalue weighted by Gasteiger charge is -2.12. The molecule has 1 unspecified atom stereocenters. The first kappa shape index (κ1) is 19.2. The van der Waals surface area contributed by atoms with E-state index in [9.17, 15) is 9.59 Å². The largest absolute Gasteiger partial charge is 0.376 e. The number of benzene rings is 1. The lowest BCUT2D eigenvalue weighted by molar-refractivity contribution is -0.117. The quantitative estimate of drug-likeness (QED) is 0.653. The van der Waals surface area contributed by atoms with Gasteiger partial charge >= 0.3 is 6.03 Å². The average Bonchev–Trinajstić information content (AvgIpc) is 3.00. The number of hydrogen-bond donors (Lipinski definition) is 4. The van der Waals surface area contributed by atoms with E-state index >= 15 is 0 Å². The number of urea groups is 1. The number of ether oxygens (including phenoxy) is 1. The fourth-order valence-electron chi connectivity index (χ4n) is 2.08. The van der Waals surface area contributed by atoms with Crippen molar-refractivity contribution in [2.45, 2.75) is 31.9 Å². The molecular weight excluding hydrogens is 320 g/mol. The first-order valence-corrected chi connectivity index (χ1v) is 7.37. The highest BCUT2D eigenvalue weighted by atomic mass is 35.5. The lowest BCUT2D eigenvalue weighted by Crippen LogP contribution is -2.35. The normalized spacial score (nSPS) is 17.7. The highest BCUT2D eigenvalue weighted by molar-refractivity contribution is 5.95. The number of nitrogens with two attached hydrogens (primary N) is 1. The van der Waals surface area contributed by atoms with Gasteiger partial charge < -0.3 is 26.4 Å². The Morgan fingerprint density at radius 1 is 1.26 bits per heavy atom. The Bertz CT molecular complexity index is 516. The summed E-state index contributed by atoms with van der Waals surface area (Å²) in [7, 11) is 0. The standard InChI is InChI=1S/C15H22N4O3.ClH/c1-10(16)14(20)18-11-4-6-12(7-5-11)19-15(21)17-9-13-3-2-8-22-13;/h4-7,10,13H,2-3,8-9,16H2,1H3,(H,18,20)(H2,17,19,21);1H/t10-,13?;/m1./s1. The number of rotatable bonds is 5. The van der Waals surface area contributed by atoms with Crippen LogP contribution in [0.4, 0.5) is 16.2 Å². The summed E-state index contributed by atoms with van der Waals surface area (Å²) in [6.07, 6.45) is 2.14. The maximum absolute atomic E-state index is 11.8. The van der Waals surface area contributed by atoms with Crippen LogP contribution >= 0.6 is 12.4 Å². The van der Waals surface area contributed by atoms with Crippen LogP contribution in [0, 0.1) is 0 Å². The smallest absolute Gasteiger partial charge is 0.319 e. The second kappa shape index (κ2) is 9.34. The molecule has 7 nitrogen and oxygen atoms in total. The second-order valence-corrected chi connectivity index (χ2v) is 5.33. The number of carbonyl (C=O) groups excluding carboxylic acids is 2. The van der Waals surface area contributed by atoms with E-state index in [1.54, 1.807) is 31.2 Å². The Morgan fingerprint density at radius 2 is 1.87 bits per heavy atom. The minimum absolute atomic E-state index is 0. The van der Waals surface area contributed by atoms with Gasteiger partial charge in [-0.1, -0.05) is 0 Å². The van der Waals surface area contributed by atoms with Crippen molar-refractivity contribution in [1.29, 1.82) is 0 Å². The van der Waals surface area contributed by atoms with Gasteiger partial charge in [0.05, 0.1) is 12.1 Å². The number of amides is 3. The summed E-state index contributed by atoms with van der Waals surface area (Å²) in [6, 6.07) is 5.99. The van der Waals surface area contributed by atoms with Crippen LogP contribution < -0.4 is 21.7 Å². The van der Waals surface area contributed by atoms with E-state index < -0.39 is 6.04 Å². The fourth-order valence-corrected chi connectivity index (χ4v) is 2.08. The van der Waals surface area contributed by atoms with Crippen LogP contribution in [0.5, 0.6) is 0 Å². The molecule has 0 saturated carbocycles. The molecule has 1 aromatic carbocycles. The topological polar surface area (TPSA) is 105 Å². The molecule has 1 heterocycles. The summed E-state index contributed by atoms with van der Waals surface area (Å²) >= 11 is 0. The minimum Gasteiger partial charge on any atom is -0.376 e. The molecule has 1 aliphatic heterocycles. The third-order valence-electron chi connectivity index (χ3n) is 3.34. The van der Waals surface area contributed by atoms with Gasteiger partial charge in [-0.2, -0.15) is 0 Å². The van der Waals surface area contributed by atoms with Crippen LogP contribution in [-0.4, -0.2) is 37.2 Å². The van der Waals surface area contributed by atoms with Gasteiger partial charge in [-0.15, -0.1) is 12.4 Å². The van der Waals surface area contributed by atoms with Gasteiger partial charge in [-0.05, 0) is 44.0 Å². The van der Waals surface area contributed by atoms with E-state index in [-0.39, 0.29) is 30.4 Å². The van der Waals surface area contributed by atoms with Crippen molar-refractivity contribution in [2.75, 3.05) is 23.8 Å². The third-order valence-corrected chi connectivity index (χ3v) is 3.34. The molecule has 0 bridgehead atoms. The number of halogens is 1. The molecule has 1 saturated heterocycles. The zero-order chi connectivity index (χ0) is 15.9. The molecule has 8 heteroatoms. The lowest BCUT2D eigenvalue weighted by atomic mass is 10.2. The van der Waals surface area contributed by atoms with Gasteiger partial charge in [0.15, 0.2) is 0 Å². The molecule has 0 aromatic heterocycles. The Hall–Kier alpha value is -1.83. The van der Waals surface area contributed by atoms with Gasteiger partial charge in [0.2, 0.25) is 5.91 Å². The zero-order valence-corrected chi connectivity index (χ0v) is 13.8. The summed E-state index contributed by atoms with van der Waals surface area (Å²) in [4.78, 5) is 23.2. The number of carbonyl (C=O) groups is 2. The fraction of sp³-hybridized carbons (Fsp3) is 0.467. The number of anilines is 2. The van der Waals surface area contributed by atoms with E-state index in [1.807, 2.05) is 0 Å². The molecule has 0 aliphatic carbocycles. The Balaban J connectivity index is 0.00000264. The van der Waals surface area contributed by atoms with Crippen LogP contribution in [0.25, 0.3) is 0 Å². The summed E-state index contributed by atoms with van der Waals surface area (Å²) < 4.78 is 5.43. The highest BCUT2D eigenvalue weighted by Crippen LogP contribution is 2.14. The predicted octanol–water partition coefficient (Wildman–Crippen LogP) is 1.69. The van der Waals surface area contributed by atoms with Crippen molar-refractivity contribution in [2.24, 2.45) is 5.73 Å². The summed E-state index contributed by atoms with van der Waals surface area (Å²) in [5.41, 5.74) is 6.75. The molecule has 0 radical (unpaired) electrons. The Kier molecular flexibility index (Phi) is 7.80. The summed E-state index contributed by atoms with van der Waals surface area (Å²) in [5.74, 6) is -0.255. The van der Waals surface area contributed by atoms with E-state index in [2.05, 4.69) is 16.0 Å². The van der Waals surface area contributed by atoms with Gasteiger partial charge in [0.1, 0.15) is 0 Å². The SMILES string of the molecule is C[C@@H](N)C(=O)Nc1ccc(NC(=O)NCC2CCCO2)cc1.Cl. The summed E-state index contributed by atoms with van der Waals surface area (Å²) in [6.45, 7) is 2.89. The molecule has 2 rings (SSSR count). The maximum atomic E-state index is 11.8. The monoisotopic (exact) mass is 342 g/mol. The van der Waals surface area contributed by atoms with Crippen LogP contribution in [0.2, 0.25) is 0 Å². The molecule has 23 heavy (non-hydrogen) atoms. The summed E-state index contributed by atoms with van der Waals surface area (Å²) in [5, 5.41) is 8.18. The average molecular weight is 343 g/mol.